The Morgan fingerprint density at radius 2 is 1.62 bits per heavy atom. The molecule has 1 aromatic rings. The first kappa shape index (κ1) is 19.7. The summed E-state index contributed by atoms with van der Waals surface area (Å²) in [5.74, 6) is -0.729. The lowest BCUT2D eigenvalue weighted by molar-refractivity contribution is 0.0593. The molecule has 0 aromatic carbocycles. The molecule has 0 fully saturated rings. The SMILES string of the molecule is COC(=O)c1[nH]c(C)c(C(=O)C(C)N(C(=O)N(C)C)C(C)C)c1C. The number of ether oxygens (including phenoxy) is 1. The minimum absolute atomic E-state index is 0.140. The van der Waals surface area contributed by atoms with Crippen LogP contribution in [0.25, 0.3) is 0 Å². The molecule has 0 aliphatic carbocycles. The molecule has 7 nitrogen and oxygen atoms in total. The number of aromatic nitrogens is 1. The number of nitrogens with zero attached hydrogens (tertiary/aromatic N) is 2. The third-order valence-corrected chi connectivity index (χ3v) is 4.03. The Kier molecular flexibility index (Phi) is 6.17. The van der Waals surface area contributed by atoms with Gasteiger partial charge in [0, 0.05) is 31.4 Å². The van der Waals surface area contributed by atoms with Crippen molar-refractivity contribution in [1.82, 2.24) is 14.8 Å². The van der Waals surface area contributed by atoms with E-state index in [-0.39, 0.29) is 23.6 Å². The van der Waals surface area contributed by atoms with Gasteiger partial charge in [-0.05, 0) is 40.2 Å². The van der Waals surface area contributed by atoms with Crippen LogP contribution >= 0.6 is 0 Å². The van der Waals surface area contributed by atoms with Crippen LogP contribution in [0.15, 0.2) is 0 Å². The van der Waals surface area contributed by atoms with E-state index in [2.05, 4.69) is 4.98 Å². The molecule has 1 N–H and O–H groups in total. The molecule has 1 heterocycles. The van der Waals surface area contributed by atoms with Gasteiger partial charge in [0.05, 0.1) is 13.2 Å². The number of Topliss-reactive ketones (excluding diaryl/α,β-unsaturated/α-hetero) is 1. The first-order valence-corrected chi connectivity index (χ1v) is 7.85. The Morgan fingerprint density at radius 1 is 1.08 bits per heavy atom. The third kappa shape index (κ3) is 3.60. The number of nitrogens with one attached hydrogen (secondary N) is 1. The number of ketones is 1. The number of hydrogen-bond donors (Lipinski definition) is 1. The second kappa shape index (κ2) is 7.51. The molecular weight excluding hydrogens is 310 g/mol. The standard InChI is InChI=1S/C17H27N3O4/c1-9(2)20(17(23)19(6)7)12(5)15(21)13-10(3)14(16(22)24-8)18-11(13)4/h9,12,18H,1-8H3. The Labute approximate surface area is 143 Å². The molecule has 0 aliphatic heterocycles. The van der Waals surface area contributed by atoms with Gasteiger partial charge in [-0.25, -0.2) is 9.59 Å². The Morgan fingerprint density at radius 3 is 2.04 bits per heavy atom. The molecule has 0 radical (unpaired) electrons. The summed E-state index contributed by atoms with van der Waals surface area (Å²) in [5, 5.41) is 0. The molecule has 0 saturated heterocycles. The zero-order valence-corrected chi connectivity index (χ0v) is 15.7. The predicted octanol–water partition coefficient (Wildman–Crippen LogP) is 2.38. The second-order valence-electron chi connectivity index (χ2n) is 6.33. The molecular formula is C17H27N3O4. The molecule has 2 amide bonds. The highest BCUT2D eigenvalue weighted by molar-refractivity contribution is 6.06. The normalized spacial score (nSPS) is 12.0. The molecule has 0 aliphatic rings. The fourth-order valence-electron chi connectivity index (χ4n) is 2.83. The second-order valence-corrected chi connectivity index (χ2v) is 6.33. The summed E-state index contributed by atoms with van der Waals surface area (Å²) in [7, 11) is 4.59. The summed E-state index contributed by atoms with van der Waals surface area (Å²) in [4.78, 5) is 43.1. The Balaban J connectivity index is 3.28. The molecule has 0 saturated carbocycles. The van der Waals surface area contributed by atoms with E-state index < -0.39 is 12.0 Å². The zero-order valence-electron chi connectivity index (χ0n) is 15.7. The van der Waals surface area contributed by atoms with Gasteiger partial charge in [0.25, 0.3) is 0 Å². The monoisotopic (exact) mass is 337 g/mol. The number of amides is 2. The minimum Gasteiger partial charge on any atom is -0.464 e. The van der Waals surface area contributed by atoms with Crippen molar-refractivity contribution in [2.45, 2.75) is 46.7 Å². The van der Waals surface area contributed by atoms with E-state index in [1.807, 2.05) is 13.8 Å². The number of carbonyl (C=O) groups excluding carboxylic acids is 3. The number of urea groups is 1. The quantitative estimate of drug-likeness (QED) is 0.660. The van der Waals surface area contributed by atoms with Gasteiger partial charge in [-0.15, -0.1) is 0 Å². The smallest absolute Gasteiger partial charge is 0.354 e. The van der Waals surface area contributed by atoms with E-state index in [1.165, 1.54) is 16.9 Å². The van der Waals surface area contributed by atoms with Crippen LogP contribution in [0.3, 0.4) is 0 Å². The molecule has 134 valence electrons. The fourth-order valence-corrected chi connectivity index (χ4v) is 2.83. The van der Waals surface area contributed by atoms with Crippen molar-refractivity contribution in [1.29, 1.82) is 0 Å². The molecule has 1 rings (SSSR count). The van der Waals surface area contributed by atoms with E-state index in [0.29, 0.717) is 16.8 Å². The lowest BCUT2D eigenvalue weighted by Crippen LogP contribution is -2.51. The summed E-state index contributed by atoms with van der Waals surface area (Å²) in [5.41, 5.74) is 1.82. The van der Waals surface area contributed by atoms with Crippen LogP contribution in [0.4, 0.5) is 4.79 Å². The topological polar surface area (TPSA) is 82.7 Å². The number of methoxy groups -OCH3 is 1. The highest BCUT2D eigenvalue weighted by atomic mass is 16.5. The van der Waals surface area contributed by atoms with Crippen LogP contribution in [0, 0.1) is 13.8 Å². The van der Waals surface area contributed by atoms with Crippen LogP contribution in [0.2, 0.25) is 0 Å². The highest BCUT2D eigenvalue weighted by Crippen LogP contribution is 2.23. The van der Waals surface area contributed by atoms with Gasteiger partial charge >= 0.3 is 12.0 Å². The average Bonchev–Trinajstić information content (AvgIpc) is 2.80. The van der Waals surface area contributed by atoms with Crippen molar-refractivity contribution in [3.05, 3.63) is 22.5 Å². The van der Waals surface area contributed by atoms with Crippen LogP contribution in [-0.2, 0) is 4.74 Å². The maximum absolute atomic E-state index is 13.0. The predicted molar refractivity (Wildman–Crippen MR) is 91.5 cm³/mol. The number of carbonyl (C=O) groups is 3. The van der Waals surface area contributed by atoms with Gasteiger partial charge in [-0.3, -0.25) is 4.79 Å². The van der Waals surface area contributed by atoms with Gasteiger partial charge in [0.1, 0.15) is 5.69 Å². The van der Waals surface area contributed by atoms with E-state index in [0.717, 1.165) is 0 Å². The van der Waals surface area contributed by atoms with E-state index in [9.17, 15) is 14.4 Å². The fraction of sp³-hybridized carbons (Fsp3) is 0.588. The molecule has 24 heavy (non-hydrogen) atoms. The van der Waals surface area contributed by atoms with Crippen LogP contribution in [-0.4, -0.2) is 65.9 Å². The van der Waals surface area contributed by atoms with Crippen molar-refractivity contribution in [3.63, 3.8) is 0 Å². The minimum atomic E-state index is -0.654. The molecule has 7 heteroatoms. The van der Waals surface area contributed by atoms with Gasteiger partial charge in [-0.1, -0.05) is 0 Å². The maximum atomic E-state index is 13.0. The third-order valence-electron chi connectivity index (χ3n) is 4.03. The van der Waals surface area contributed by atoms with Crippen molar-refractivity contribution in [3.8, 4) is 0 Å². The van der Waals surface area contributed by atoms with Crippen LogP contribution < -0.4 is 0 Å². The van der Waals surface area contributed by atoms with Gasteiger partial charge in [0.15, 0.2) is 5.78 Å². The maximum Gasteiger partial charge on any atom is 0.354 e. The number of esters is 1. The van der Waals surface area contributed by atoms with Crippen LogP contribution in [0.1, 0.15) is 52.9 Å². The van der Waals surface area contributed by atoms with Crippen molar-refractivity contribution < 1.29 is 19.1 Å². The summed E-state index contributed by atoms with van der Waals surface area (Å²) in [6, 6.07) is -1.03. The van der Waals surface area contributed by atoms with Crippen LogP contribution in [0.5, 0.6) is 0 Å². The lowest BCUT2D eigenvalue weighted by atomic mass is 9.99. The Bertz CT molecular complexity index is 647. The van der Waals surface area contributed by atoms with Crippen molar-refractivity contribution >= 4 is 17.8 Å². The first-order chi connectivity index (χ1) is 11.0. The summed E-state index contributed by atoms with van der Waals surface area (Å²) in [6.45, 7) is 8.85. The Hall–Kier alpha value is -2.31. The molecule has 0 bridgehead atoms. The summed E-state index contributed by atoms with van der Waals surface area (Å²) in [6.07, 6.45) is 0. The lowest BCUT2D eigenvalue weighted by Gasteiger charge is -2.34. The number of hydrogen-bond acceptors (Lipinski definition) is 4. The summed E-state index contributed by atoms with van der Waals surface area (Å²) < 4.78 is 4.73. The molecule has 1 unspecified atom stereocenters. The number of aryl methyl sites for hydroxylation is 1. The van der Waals surface area contributed by atoms with E-state index >= 15 is 0 Å². The molecule has 1 aromatic heterocycles. The highest BCUT2D eigenvalue weighted by Gasteiger charge is 2.33. The molecule has 0 spiro atoms. The van der Waals surface area contributed by atoms with Crippen molar-refractivity contribution in [2.24, 2.45) is 0 Å². The number of H-pyrrole nitrogens is 1. The van der Waals surface area contributed by atoms with Crippen molar-refractivity contribution in [2.75, 3.05) is 21.2 Å². The van der Waals surface area contributed by atoms with Gasteiger partial charge in [0.2, 0.25) is 0 Å². The van der Waals surface area contributed by atoms with E-state index in [1.54, 1.807) is 34.9 Å². The number of rotatable bonds is 5. The van der Waals surface area contributed by atoms with E-state index in [4.69, 9.17) is 4.74 Å². The van der Waals surface area contributed by atoms with Gasteiger partial charge < -0.3 is 19.5 Å². The molecule has 1 atom stereocenters. The zero-order chi connectivity index (χ0) is 18.8. The number of aromatic amines is 1. The first-order valence-electron chi connectivity index (χ1n) is 7.85. The van der Waals surface area contributed by atoms with Gasteiger partial charge in [-0.2, -0.15) is 0 Å². The average molecular weight is 337 g/mol. The largest absolute Gasteiger partial charge is 0.464 e. The summed E-state index contributed by atoms with van der Waals surface area (Å²) >= 11 is 0.